The van der Waals surface area contributed by atoms with Gasteiger partial charge in [-0.2, -0.15) is 0 Å². The molecule has 7 nitrogen and oxygen atoms in total. The fraction of sp³-hybridized carbons (Fsp3) is 0.895. The van der Waals surface area contributed by atoms with E-state index >= 15 is 0 Å². The molecule has 7 heteroatoms. The van der Waals surface area contributed by atoms with Gasteiger partial charge >= 0.3 is 6.09 Å². The summed E-state index contributed by atoms with van der Waals surface area (Å²) in [4.78, 5) is 27.9. The van der Waals surface area contributed by atoms with Crippen molar-refractivity contribution in [1.82, 2.24) is 15.1 Å². The Bertz CT molecular complexity index is 415. The summed E-state index contributed by atoms with van der Waals surface area (Å²) in [5.74, 6) is 0.146. The molecule has 0 saturated carbocycles. The maximum Gasteiger partial charge on any atom is 0.410 e. The molecule has 0 aromatic carbocycles. The fourth-order valence-electron chi connectivity index (χ4n) is 2.86. The zero-order valence-corrected chi connectivity index (χ0v) is 16.9. The highest BCUT2D eigenvalue weighted by molar-refractivity contribution is 5.75. The molecule has 0 aliphatic carbocycles. The number of hydrogen-bond acceptors (Lipinski definition) is 5. The van der Waals surface area contributed by atoms with Gasteiger partial charge in [0.15, 0.2) is 0 Å². The number of nitrogens with one attached hydrogen (secondary N) is 1. The van der Waals surface area contributed by atoms with Crippen LogP contribution < -0.4 is 11.1 Å². The van der Waals surface area contributed by atoms with Crippen molar-refractivity contribution in [2.75, 3.05) is 45.8 Å². The number of unbranched alkanes of at least 4 members (excludes halogenated alkanes) is 3. The van der Waals surface area contributed by atoms with Crippen LogP contribution in [0.1, 0.15) is 59.3 Å². The first-order valence-electron chi connectivity index (χ1n) is 9.99. The molecule has 0 radical (unpaired) electrons. The normalized spacial score (nSPS) is 15.8. The minimum Gasteiger partial charge on any atom is -0.444 e. The van der Waals surface area contributed by atoms with Crippen molar-refractivity contribution in [3.05, 3.63) is 0 Å². The van der Waals surface area contributed by atoms with Crippen molar-refractivity contribution >= 4 is 12.0 Å². The molecule has 0 unspecified atom stereocenters. The van der Waals surface area contributed by atoms with E-state index in [9.17, 15) is 9.59 Å². The van der Waals surface area contributed by atoms with E-state index in [2.05, 4.69) is 10.2 Å². The molecular formula is C19H38N4O3. The molecule has 152 valence electrons. The Morgan fingerprint density at radius 1 is 1.00 bits per heavy atom. The molecule has 1 rings (SSSR count). The van der Waals surface area contributed by atoms with Crippen molar-refractivity contribution in [2.45, 2.75) is 64.9 Å². The maximum atomic E-state index is 12.0. The molecule has 0 bridgehead atoms. The average molecular weight is 371 g/mol. The predicted molar refractivity (Wildman–Crippen MR) is 104 cm³/mol. The van der Waals surface area contributed by atoms with Crippen molar-refractivity contribution < 1.29 is 14.3 Å². The van der Waals surface area contributed by atoms with Crippen LogP contribution in [0.15, 0.2) is 0 Å². The number of carbonyl (C=O) groups is 2. The van der Waals surface area contributed by atoms with Gasteiger partial charge in [0.05, 0.1) is 0 Å². The van der Waals surface area contributed by atoms with E-state index in [4.69, 9.17) is 10.5 Å². The lowest BCUT2D eigenvalue weighted by molar-refractivity contribution is -0.121. The summed E-state index contributed by atoms with van der Waals surface area (Å²) >= 11 is 0. The van der Waals surface area contributed by atoms with Crippen LogP contribution in [0.4, 0.5) is 4.79 Å². The molecule has 2 amide bonds. The van der Waals surface area contributed by atoms with E-state index in [1.807, 2.05) is 20.8 Å². The lowest BCUT2D eigenvalue weighted by atomic mass is 10.2. The average Bonchev–Trinajstić information content (AvgIpc) is 2.57. The standard InChI is InChI=1S/C19H38N4O3/c1-19(2,3)26-18(25)23-15-13-22(14-16-23)12-8-7-11-21-17(24)9-5-4-6-10-20/h4-16,20H2,1-3H3,(H,21,24). The van der Waals surface area contributed by atoms with Crippen molar-refractivity contribution in [1.29, 1.82) is 0 Å². The highest BCUT2D eigenvalue weighted by atomic mass is 16.6. The third-order valence-electron chi connectivity index (χ3n) is 4.36. The van der Waals surface area contributed by atoms with Crippen LogP contribution in [-0.2, 0) is 9.53 Å². The van der Waals surface area contributed by atoms with Gasteiger partial charge in [0.1, 0.15) is 5.60 Å². The quantitative estimate of drug-likeness (QED) is 0.574. The largest absolute Gasteiger partial charge is 0.444 e. The molecular weight excluding hydrogens is 332 g/mol. The zero-order valence-electron chi connectivity index (χ0n) is 16.9. The molecule has 1 aliphatic rings. The molecule has 0 aromatic rings. The number of piperazine rings is 1. The molecule has 0 aromatic heterocycles. The first-order valence-corrected chi connectivity index (χ1v) is 9.99. The third-order valence-corrected chi connectivity index (χ3v) is 4.36. The van der Waals surface area contributed by atoms with Gasteiger partial charge in [-0.15, -0.1) is 0 Å². The van der Waals surface area contributed by atoms with Gasteiger partial charge in [0.25, 0.3) is 0 Å². The van der Waals surface area contributed by atoms with Crippen molar-refractivity contribution in [3.63, 3.8) is 0 Å². The number of carbonyl (C=O) groups excluding carboxylic acids is 2. The van der Waals surface area contributed by atoms with Crippen molar-refractivity contribution in [2.24, 2.45) is 5.73 Å². The van der Waals surface area contributed by atoms with Crippen LogP contribution in [0.25, 0.3) is 0 Å². The lowest BCUT2D eigenvalue weighted by Gasteiger charge is -2.35. The van der Waals surface area contributed by atoms with E-state index in [0.29, 0.717) is 26.1 Å². The number of hydrogen-bond donors (Lipinski definition) is 2. The Morgan fingerprint density at radius 2 is 1.69 bits per heavy atom. The van der Waals surface area contributed by atoms with Crippen LogP contribution >= 0.6 is 0 Å². The van der Waals surface area contributed by atoms with Crippen LogP contribution in [0.5, 0.6) is 0 Å². The number of amides is 2. The van der Waals surface area contributed by atoms with E-state index in [0.717, 1.165) is 58.3 Å². The second kappa shape index (κ2) is 12.1. The van der Waals surface area contributed by atoms with Crippen molar-refractivity contribution in [3.8, 4) is 0 Å². The zero-order chi connectivity index (χ0) is 19.4. The van der Waals surface area contributed by atoms with Crippen LogP contribution in [0.2, 0.25) is 0 Å². The number of nitrogens with zero attached hydrogens (tertiary/aromatic N) is 2. The molecule has 3 N–H and O–H groups in total. The predicted octanol–water partition coefficient (Wildman–Crippen LogP) is 1.95. The summed E-state index contributed by atoms with van der Waals surface area (Å²) in [6.45, 7) is 11.3. The Balaban J connectivity index is 2.03. The summed E-state index contributed by atoms with van der Waals surface area (Å²) in [7, 11) is 0. The summed E-state index contributed by atoms with van der Waals surface area (Å²) in [5, 5.41) is 2.98. The van der Waals surface area contributed by atoms with Crippen LogP contribution in [0, 0.1) is 0 Å². The third kappa shape index (κ3) is 10.6. The first-order chi connectivity index (χ1) is 12.3. The van der Waals surface area contributed by atoms with Crippen LogP contribution in [0.3, 0.4) is 0 Å². The van der Waals surface area contributed by atoms with E-state index in [1.54, 1.807) is 4.90 Å². The molecule has 0 atom stereocenters. The van der Waals surface area contributed by atoms with E-state index in [-0.39, 0.29) is 12.0 Å². The first kappa shape index (κ1) is 22.7. The van der Waals surface area contributed by atoms with Crippen LogP contribution in [-0.4, -0.2) is 73.2 Å². The Labute approximate surface area is 158 Å². The van der Waals surface area contributed by atoms with E-state index in [1.165, 1.54) is 0 Å². The summed E-state index contributed by atoms with van der Waals surface area (Å²) in [5.41, 5.74) is 5.00. The minimum atomic E-state index is -0.441. The topological polar surface area (TPSA) is 87.9 Å². The van der Waals surface area contributed by atoms with Gasteiger partial charge in [-0.25, -0.2) is 4.79 Å². The molecule has 1 fully saturated rings. The van der Waals surface area contributed by atoms with Gasteiger partial charge in [-0.1, -0.05) is 6.42 Å². The Hall–Kier alpha value is -1.34. The van der Waals surface area contributed by atoms with Gasteiger partial charge < -0.3 is 20.7 Å². The second-order valence-corrected chi connectivity index (χ2v) is 7.97. The molecule has 0 spiro atoms. The SMILES string of the molecule is CC(C)(C)OC(=O)N1CCN(CCCCNC(=O)CCCCCN)CC1. The van der Waals surface area contributed by atoms with Gasteiger partial charge in [0, 0.05) is 39.1 Å². The summed E-state index contributed by atoms with van der Waals surface area (Å²) < 4.78 is 5.41. The Morgan fingerprint density at radius 3 is 2.31 bits per heavy atom. The monoisotopic (exact) mass is 370 g/mol. The lowest BCUT2D eigenvalue weighted by Crippen LogP contribution is -2.50. The highest BCUT2D eigenvalue weighted by Crippen LogP contribution is 2.12. The minimum absolute atomic E-state index is 0.146. The van der Waals surface area contributed by atoms with Gasteiger partial charge in [-0.3, -0.25) is 9.69 Å². The Kier molecular flexibility index (Phi) is 10.6. The van der Waals surface area contributed by atoms with Gasteiger partial charge in [-0.05, 0) is 59.5 Å². The van der Waals surface area contributed by atoms with E-state index < -0.39 is 5.60 Å². The number of rotatable bonds is 10. The van der Waals surface area contributed by atoms with Gasteiger partial charge in [0.2, 0.25) is 5.91 Å². The molecule has 1 heterocycles. The molecule has 26 heavy (non-hydrogen) atoms. The number of nitrogens with two attached hydrogens (primary N) is 1. The number of ether oxygens (including phenoxy) is 1. The second-order valence-electron chi connectivity index (χ2n) is 7.97. The smallest absolute Gasteiger partial charge is 0.410 e. The summed E-state index contributed by atoms with van der Waals surface area (Å²) in [6, 6.07) is 0. The summed E-state index contributed by atoms with van der Waals surface area (Å²) in [6.07, 6.45) is 5.37. The maximum absolute atomic E-state index is 12.0. The highest BCUT2D eigenvalue weighted by Gasteiger charge is 2.25. The fourth-order valence-corrected chi connectivity index (χ4v) is 2.86. The molecule has 1 saturated heterocycles. The molecule has 1 aliphatic heterocycles.